The zero-order valence-corrected chi connectivity index (χ0v) is 13.7. The van der Waals surface area contributed by atoms with E-state index >= 15 is 0 Å². The van der Waals surface area contributed by atoms with Crippen LogP contribution >= 0.6 is 23.3 Å². The molecule has 2 saturated heterocycles. The van der Waals surface area contributed by atoms with Crippen molar-refractivity contribution in [3.63, 3.8) is 0 Å². The fourth-order valence-corrected chi connectivity index (χ4v) is 4.17. The largest absolute Gasteiger partial charge is 0.381 e. The third kappa shape index (κ3) is 3.67. The van der Waals surface area contributed by atoms with Crippen molar-refractivity contribution in [2.24, 2.45) is 11.8 Å². The van der Waals surface area contributed by atoms with E-state index in [1.165, 1.54) is 23.3 Å². The summed E-state index contributed by atoms with van der Waals surface area (Å²) in [5.74, 6) is 1.33. The third-order valence-electron chi connectivity index (χ3n) is 4.25. The fourth-order valence-electron chi connectivity index (χ4n) is 3.06. The number of nitrogens with zero attached hydrogens (tertiary/aromatic N) is 3. The number of ether oxygens (including phenoxy) is 1. The number of rotatable bonds is 3. The minimum Gasteiger partial charge on any atom is -0.381 e. The van der Waals surface area contributed by atoms with Crippen molar-refractivity contribution in [3.8, 4) is 0 Å². The standard InChI is InChI=1S/C13H20N4O2S2/c1-20-12-14-11(21-16-12)15-13(18)17-5-2-10(8-17)9-3-6-19-7-4-9/h9-10H,2-8H2,1H3,(H,14,15,16,18)/t10-/m1/s1. The molecule has 0 aliphatic carbocycles. The monoisotopic (exact) mass is 328 g/mol. The molecular formula is C13H20N4O2S2. The first kappa shape index (κ1) is 15.1. The van der Waals surface area contributed by atoms with Gasteiger partial charge in [0, 0.05) is 37.8 Å². The second-order valence-corrected chi connectivity index (χ2v) is 6.99. The number of hydrogen-bond donors (Lipinski definition) is 1. The Morgan fingerprint density at radius 3 is 2.90 bits per heavy atom. The van der Waals surface area contributed by atoms with E-state index in [4.69, 9.17) is 4.74 Å². The Labute approximate surface area is 132 Å². The molecule has 6 nitrogen and oxygen atoms in total. The average molecular weight is 328 g/mol. The topological polar surface area (TPSA) is 67.4 Å². The van der Waals surface area contributed by atoms with Crippen molar-refractivity contribution >= 4 is 34.5 Å². The van der Waals surface area contributed by atoms with Gasteiger partial charge in [-0.25, -0.2) is 4.79 Å². The number of aromatic nitrogens is 2. The molecule has 3 heterocycles. The molecule has 0 spiro atoms. The summed E-state index contributed by atoms with van der Waals surface area (Å²) in [6.07, 6.45) is 5.29. The van der Waals surface area contributed by atoms with Gasteiger partial charge in [-0.3, -0.25) is 5.32 Å². The SMILES string of the molecule is CSc1nsc(NC(=O)N2CC[C@@H](C3CCOCC3)C2)n1. The highest BCUT2D eigenvalue weighted by molar-refractivity contribution is 7.98. The maximum absolute atomic E-state index is 12.3. The molecule has 8 heteroatoms. The average Bonchev–Trinajstić information content (AvgIpc) is 3.17. The lowest BCUT2D eigenvalue weighted by Crippen LogP contribution is -2.34. The predicted octanol–water partition coefficient (Wildman–Crippen LogP) is 2.54. The van der Waals surface area contributed by atoms with Crippen molar-refractivity contribution < 1.29 is 9.53 Å². The molecule has 1 N–H and O–H groups in total. The molecule has 2 fully saturated rings. The highest BCUT2D eigenvalue weighted by atomic mass is 32.2. The maximum atomic E-state index is 12.3. The van der Waals surface area contributed by atoms with Gasteiger partial charge in [-0.1, -0.05) is 11.8 Å². The van der Waals surface area contributed by atoms with E-state index in [0.717, 1.165) is 45.6 Å². The summed E-state index contributed by atoms with van der Waals surface area (Å²) in [5, 5.41) is 4.14. The van der Waals surface area contributed by atoms with Crippen LogP contribution in [0.25, 0.3) is 0 Å². The Morgan fingerprint density at radius 2 is 2.19 bits per heavy atom. The lowest BCUT2D eigenvalue weighted by atomic mass is 9.85. The van der Waals surface area contributed by atoms with Crippen molar-refractivity contribution in [2.75, 3.05) is 37.9 Å². The van der Waals surface area contributed by atoms with Gasteiger partial charge in [-0.05, 0) is 37.4 Å². The summed E-state index contributed by atoms with van der Waals surface area (Å²) in [7, 11) is 0. The van der Waals surface area contributed by atoms with Gasteiger partial charge in [0.2, 0.25) is 10.3 Å². The first-order valence-corrected chi connectivity index (χ1v) is 9.27. The van der Waals surface area contributed by atoms with Gasteiger partial charge in [0.1, 0.15) is 0 Å². The van der Waals surface area contributed by atoms with E-state index < -0.39 is 0 Å². The smallest absolute Gasteiger partial charge is 0.323 e. The van der Waals surface area contributed by atoms with Crippen LogP contribution in [0.5, 0.6) is 0 Å². The van der Waals surface area contributed by atoms with Gasteiger partial charge in [0.15, 0.2) is 0 Å². The van der Waals surface area contributed by atoms with Gasteiger partial charge < -0.3 is 9.64 Å². The zero-order valence-electron chi connectivity index (χ0n) is 12.1. The van der Waals surface area contributed by atoms with Crippen molar-refractivity contribution in [1.29, 1.82) is 0 Å². The van der Waals surface area contributed by atoms with Crippen LogP contribution in [0, 0.1) is 11.8 Å². The fraction of sp³-hybridized carbons (Fsp3) is 0.769. The highest BCUT2D eigenvalue weighted by Crippen LogP contribution is 2.31. The number of carbonyl (C=O) groups excluding carboxylic acids is 1. The number of urea groups is 1. The van der Waals surface area contributed by atoms with E-state index in [-0.39, 0.29) is 6.03 Å². The van der Waals surface area contributed by atoms with Gasteiger partial charge in [-0.2, -0.15) is 9.36 Å². The van der Waals surface area contributed by atoms with Crippen LogP contribution in [0.4, 0.5) is 9.93 Å². The predicted molar refractivity (Wildman–Crippen MR) is 83.9 cm³/mol. The van der Waals surface area contributed by atoms with Crippen LogP contribution in [0.1, 0.15) is 19.3 Å². The molecule has 0 radical (unpaired) electrons. The Kier molecular flexibility index (Phi) is 4.97. The van der Waals surface area contributed by atoms with E-state index in [1.807, 2.05) is 11.2 Å². The minimum atomic E-state index is -0.0478. The van der Waals surface area contributed by atoms with Gasteiger partial charge >= 0.3 is 6.03 Å². The van der Waals surface area contributed by atoms with Crippen molar-refractivity contribution in [1.82, 2.24) is 14.3 Å². The molecule has 0 bridgehead atoms. The van der Waals surface area contributed by atoms with Crippen LogP contribution in [0.3, 0.4) is 0 Å². The van der Waals surface area contributed by atoms with Crippen LogP contribution in [-0.2, 0) is 4.74 Å². The third-order valence-corrected chi connectivity index (χ3v) is 5.54. The molecule has 2 aliphatic heterocycles. The summed E-state index contributed by atoms with van der Waals surface area (Å²) < 4.78 is 9.57. The first-order valence-electron chi connectivity index (χ1n) is 7.27. The van der Waals surface area contributed by atoms with Gasteiger partial charge in [0.25, 0.3) is 0 Å². The van der Waals surface area contributed by atoms with Crippen molar-refractivity contribution in [2.45, 2.75) is 24.4 Å². The number of likely N-dealkylation sites (tertiary alicyclic amines) is 1. The summed E-state index contributed by atoms with van der Waals surface area (Å²) in [4.78, 5) is 18.4. The molecule has 0 aromatic carbocycles. The number of hydrogen-bond acceptors (Lipinski definition) is 6. The molecular weight excluding hydrogens is 308 g/mol. The number of thioether (sulfide) groups is 1. The molecule has 2 aliphatic rings. The van der Waals surface area contributed by atoms with E-state index in [9.17, 15) is 4.79 Å². The Hall–Kier alpha value is -0.860. The second kappa shape index (κ2) is 6.93. The molecule has 1 aromatic rings. The molecule has 0 saturated carbocycles. The summed E-state index contributed by atoms with van der Waals surface area (Å²) in [6.45, 7) is 3.43. The maximum Gasteiger partial charge on any atom is 0.323 e. The van der Waals surface area contributed by atoms with Crippen molar-refractivity contribution in [3.05, 3.63) is 0 Å². The van der Waals surface area contributed by atoms with E-state index in [0.29, 0.717) is 22.1 Å². The van der Waals surface area contributed by atoms with Crippen LogP contribution in [0.15, 0.2) is 5.16 Å². The molecule has 116 valence electrons. The van der Waals surface area contributed by atoms with Gasteiger partial charge in [-0.15, -0.1) is 0 Å². The second-order valence-electron chi connectivity index (χ2n) is 5.46. The van der Waals surface area contributed by atoms with E-state index in [2.05, 4.69) is 14.7 Å². The number of anilines is 1. The van der Waals surface area contributed by atoms with Gasteiger partial charge in [0.05, 0.1) is 0 Å². The summed E-state index contributed by atoms with van der Waals surface area (Å²) >= 11 is 2.71. The Balaban J connectivity index is 1.51. The molecule has 1 atom stereocenters. The molecule has 0 unspecified atom stereocenters. The number of nitrogens with one attached hydrogen (secondary N) is 1. The summed E-state index contributed by atoms with van der Waals surface area (Å²) in [6, 6.07) is -0.0478. The highest BCUT2D eigenvalue weighted by Gasteiger charge is 2.32. The zero-order chi connectivity index (χ0) is 14.7. The molecule has 2 amide bonds. The lowest BCUT2D eigenvalue weighted by Gasteiger charge is -2.27. The lowest BCUT2D eigenvalue weighted by molar-refractivity contribution is 0.0485. The molecule has 1 aromatic heterocycles. The van der Waals surface area contributed by atoms with Crippen LogP contribution in [-0.4, -0.2) is 52.8 Å². The number of amides is 2. The minimum absolute atomic E-state index is 0.0478. The first-order chi connectivity index (χ1) is 10.3. The molecule has 3 rings (SSSR count). The normalized spacial score (nSPS) is 23.5. The Bertz CT molecular complexity index is 490. The van der Waals surface area contributed by atoms with Crippen LogP contribution < -0.4 is 5.32 Å². The molecule has 21 heavy (non-hydrogen) atoms. The van der Waals surface area contributed by atoms with Crippen LogP contribution in [0.2, 0.25) is 0 Å². The summed E-state index contributed by atoms with van der Waals surface area (Å²) in [5.41, 5.74) is 0. The Morgan fingerprint density at radius 1 is 1.38 bits per heavy atom. The quantitative estimate of drug-likeness (QED) is 0.864. The number of carbonyl (C=O) groups is 1. The van der Waals surface area contributed by atoms with E-state index in [1.54, 1.807) is 0 Å².